The van der Waals surface area contributed by atoms with Crippen LogP contribution in [-0.2, 0) is 6.54 Å². The van der Waals surface area contributed by atoms with Crippen LogP contribution in [0.5, 0.6) is 0 Å². The summed E-state index contributed by atoms with van der Waals surface area (Å²) < 4.78 is 0. The molecule has 2 rings (SSSR count). The number of rotatable bonds is 0. The van der Waals surface area contributed by atoms with Crippen LogP contribution in [0.1, 0.15) is 17.2 Å². The molecular weight excluding hydrogens is 136 g/mol. The topological polar surface area (TPSA) is 38.4 Å². The van der Waals surface area contributed by atoms with E-state index in [-0.39, 0.29) is 6.04 Å². The maximum absolute atomic E-state index is 5.80. The number of aliphatic imine (C=N–C) groups is 1. The normalized spacial score (nSPS) is 21.4. The molecule has 0 saturated heterocycles. The van der Waals surface area contributed by atoms with Crippen molar-refractivity contribution in [3.05, 3.63) is 35.4 Å². The second-order valence-corrected chi connectivity index (χ2v) is 2.71. The van der Waals surface area contributed by atoms with E-state index in [1.165, 1.54) is 11.1 Å². The van der Waals surface area contributed by atoms with Crippen LogP contribution in [0.2, 0.25) is 0 Å². The molecule has 56 valence electrons. The van der Waals surface area contributed by atoms with Gasteiger partial charge in [-0.1, -0.05) is 24.3 Å². The maximum atomic E-state index is 5.80. The van der Waals surface area contributed by atoms with Crippen molar-refractivity contribution in [2.24, 2.45) is 10.7 Å². The van der Waals surface area contributed by atoms with Crippen molar-refractivity contribution >= 4 is 6.21 Å². The molecular formula is C9H10N2. The Labute approximate surface area is 65.8 Å². The van der Waals surface area contributed by atoms with E-state index in [0.717, 1.165) is 6.54 Å². The van der Waals surface area contributed by atoms with E-state index in [4.69, 9.17) is 5.73 Å². The second kappa shape index (κ2) is 2.47. The average Bonchev–Trinajstić information content (AvgIpc) is 2.06. The Kier molecular flexibility index (Phi) is 1.47. The molecule has 0 bridgehead atoms. The zero-order valence-corrected chi connectivity index (χ0v) is 6.20. The lowest BCUT2D eigenvalue weighted by molar-refractivity contribution is 0.883. The van der Waals surface area contributed by atoms with E-state index in [1.807, 2.05) is 18.3 Å². The third kappa shape index (κ3) is 1.05. The summed E-state index contributed by atoms with van der Waals surface area (Å²) in [7, 11) is 0. The Bertz CT molecular complexity index is 291. The van der Waals surface area contributed by atoms with Gasteiger partial charge in [0.1, 0.15) is 0 Å². The Balaban J connectivity index is 2.50. The van der Waals surface area contributed by atoms with Gasteiger partial charge in [0.2, 0.25) is 0 Å². The Hall–Kier alpha value is -1.15. The van der Waals surface area contributed by atoms with Gasteiger partial charge >= 0.3 is 0 Å². The molecule has 11 heavy (non-hydrogen) atoms. The lowest BCUT2D eigenvalue weighted by Gasteiger charge is -2.15. The standard InChI is InChI=1S/C9H10N2/c10-9-6-11-5-7-3-1-2-4-8(7)9/h1-4,6,9H,5,10H2. The molecule has 0 amide bonds. The minimum atomic E-state index is -0.0000463. The van der Waals surface area contributed by atoms with Crippen molar-refractivity contribution in [3.8, 4) is 0 Å². The van der Waals surface area contributed by atoms with Crippen molar-refractivity contribution in [3.63, 3.8) is 0 Å². The third-order valence-electron chi connectivity index (χ3n) is 1.94. The molecule has 1 atom stereocenters. The largest absolute Gasteiger partial charge is 0.320 e. The van der Waals surface area contributed by atoms with Crippen molar-refractivity contribution in [1.82, 2.24) is 0 Å². The lowest BCUT2D eigenvalue weighted by atomic mass is 10.00. The Morgan fingerprint density at radius 3 is 3.00 bits per heavy atom. The van der Waals surface area contributed by atoms with Gasteiger partial charge in [0.15, 0.2) is 0 Å². The van der Waals surface area contributed by atoms with Crippen molar-refractivity contribution in [2.45, 2.75) is 12.6 Å². The van der Waals surface area contributed by atoms with Crippen LogP contribution < -0.4 is 5.73 Å². The van der Waals surface area contributed by atoms with Gasteiger partial charge in [-0.3, -0.25) is 4.99 Å². The molecule has 1 aromatic carbocycles. The first kappa shape index (κ1) is 6.55. The number of nitrogens with two attached hydrogens (primary N) is 1. The van der Waals surface area contributed by atoms with Crippen molar-refractivity contribution < 1.29 is 0 Å². The number of hydrogen-bond donors (Lipinski definition) is 1. The van der Waals surface area contributed by atoms with Gasteiger partial charge in [-0.2, -0.15) is 0 Å². The molecule has 2 heteroatoms. The summed E-state index contributed by atoms with van der Waals surface area (Å²) in [6.07, 6.45) is 1.81. The summed E-state index contributed by atoms with van der Waals surface area (Å²) in [4.78, 5) is 4.15. The van der Waals surface area contributed by atoms with Gasteiger partial charge in [0.25, 0.3) is 0 Å². The SMILES string of the molecule is NC1C=NCc2ccccc21. The molecule has 2 nitrogen and oxygen atoms in total. The van der Waals surface area contributed by atoms with E-state index in [9.17, 15) is 0 Å². The minimum Gasteiger partial charge on any atom is -0.320 e. The van der Waals surface area contributed by atoms with Crippen LogP contribution in [0.3, 0.4) is 0 Å². The highest BCUT2D eigenvalue weighted by Crippen LogP contribution is 2.19. The Morgan fingerprint density at radius 2 is 2.18 bits per heavy atom. The zero-order valence-electron chi connectivity index (χ0n) is 6.20. The summed E-state index contributed by atoms with van der Waals surface area (Å²) in [6, 6.07) is 8.17. The molecule has 0 aliphatic carbocycles. The highest BCUT2D eigenvalue weighted by molar-refractivity contribution is 5.69. The van der Waals surface area contributed by atoms with E-state index < -0.39 is 0 Å². The molecule has 2 N–H and O–H groups in total. The summed E-state index contributed by atoms with van der Waals surface area (Å²) in [5.41, 5.74) is 8.26. The molecule has 1 aliphatic heterocycles. The first-order chi connectivity index (χ1) is 5.38. The fourth-order valence-corrected chi connectivity index (χ4v) is 1.35. The molecule has 0 fully saturated rings. The van der Waals surface area contributed by atoms with Gasteiger partial charge < -0.3 is 5.73 Å². The fourth-order valence-electron chi connectivity index (χ4n) is 1.35. The first-order valence-corrected chi connectivity index (χ1v) is 3.71. The van der Waals surface area contributed by atoms with E-state index in [1.54, 1.807) is 0 Å². The predicted octanol–water partition coefficient (Wildman–Crippen LogP) is 1.27. The smallest absolute Gasteiger partial charge is 0.0654 e. The van der Waals surface area contributed by atoms with Crippen LogP contribution >= 0.6 is 0 Å². The van der Waals surface area contributed by atoms with E-state index >= 15 is 0 Å². The van der Waals surface area contributed by atoms with Crippen molar-refractivity contribution in [1.29, 1.82) is 0 Å². The van der Waals surface area contributed by atoms with Gasteiger partial charge in [-0.05, 0) is 11.1 Å². The van der Waals surface area contributed by atoms with Crippen molar-refractivity contribution in [2.75, 3.05) is 0 Å². The Morgan fingerprint density at radius 1 is 1.36 bits per heavy atom. The first-order valence-electron chi connectivity index (χ1n) is 3.71. The minimum absolute atomic E-state index is 0.0000463. The number of fused-ring (bicyclic) bond motifs is 1. The molecule has 1 heterocycles. The van der Waals surface area contributed by atoms with Crippen LogP contribution in [0.4, 0.5) is 0 Å². The summed E-state index contributed by atoms with van der Waals surface area (Å²) in [5, 5.41) is 0. The third-order valence-corrected chi connectivity index (χ3v) is 1.94. The van der Waals surface area contributed by atoms with E-state index in [2.05, 4.69) is 17.1 Å². The van der Waals surface area contributed by atoms with Crippen LogP contribution in [0.15, 0.2) is 29.3 Å². The van der Waals surface area contributed by atoms with Gasteiger partial charge in [-0.25, -0.2) is 0 Å². The predicted molar refractivity (Wildman–Crippen MR) is 45.6 cm³/mol. The van der Waals surface area contributed by atoms with Gasteiger partial charge in [0.05, 0.1) is 12.6 Å². The molecule has 0 spiro atoms. The monoisotopic (exact) mass is 146 g/mol. The van der Waals surface area contributed by atoms with Crippen LogP contribution in [0.25, 0.3) is 0 Å². The molecule has 1 aromatic rings. The quantitative estimate of drug-likeness (QED) is 0.588. The molecule has 0 radical (unpaired) electrons. The molecule has 0 aromatic heterocycles. The highest BCUT2D eigenvalue weighted by atomic mass is 14.8. The number of hydrogen-bond acceptors (Lipinski definition) is 2. The number of benzene rings is 1. The van der Waals surface area contributed by atoms with Gasteiger partial charge in [-0.15, -0.1) is 0 Å². The maximum Gasteiger partial charge on any atom is 0.0654 e. The van der Waals surface area contributed by atoms with Crippen LogP contribution in [0, 0.1) is 0 Å². The van der Waals surface area contributed by atoms with Crippen LogP contribution in [-0.4, -0.2) is 6.21 Å². The molecule has 1 aliphatic rings. The summed E-state index contributed by atoms with van der Waals surface area (Å²) in [6.45, 7) is 0.782. The summed E-state index contributed by atoms with van der Waals surface area (Å²) in [5.74, 6) is 0. The summed E-state index contributed by atoms with van der Waals surface area (Å²) >= 11 is 0. The second-order valence-electron chi connectivity index (χ2n) is 2.71. The van der Waals surface area contributed by atoms with E-state index in [0.29, 0.717) is 0 Å². The highest BCUT2D eigenvalue weighted by Gasteiger charge is 2.10. The molecule has 1 unspecified atom stereocenters. The fraction of sp³-hybridized carbons (Fsp3) is 0.222. The number of nitrogens with zero attached hydrogens (tertiary/aromatic N) is 1. The lowest BCUT2D eigenvalue weighted by Crippen LogP contribution is -2.16. The zero-order chi connectivity index (χ0) is 7.68. The van der Waals surface area contributed by atoms with Gasteiger partial charge in [0, 0.05) is 6.21 Å². The average molecular weight is 146 g/mol. The molecule has 0 saturated carbocycles.